The molecule has 0 saturated carbocycles. The lowest BCUT2D eigenvalue weighted by molar-refractivity contribution is 0.0377. The van der Waals surface area contributed by atoms with Crippen molar-refractivity contribution in [2.45, 2.75) is 32.0 Å². The highest BCUT2D eigenvalue weighted by Crippen LogP contribution is 2.14. The number of nitrogens with one attached hydrogen (secondary N) is 1. The van der Waals surface area contributed by atoms with Gasteiger partial charge in [0.1, 0.15) is 0 Å². The van der Waals surface area contributed by atoms with Crippen LogP contribution >= 0.6 is 0 Å². The molecule has 3 nitrogen and oxygen atoms in total. The van der Waals surface area contributed by atoms with Crippen molar-refractivity contribution < 1.29 is 5.11 Å². The molecule has 1 aliphatic rings. The molecular weight excluding hydrogens is 212 g/mol. The predicted octanol–water partition coefficient (Wildman–Crippen LogP) is 1.23. The van der Waals surface area contributed by atoms with Gasteiger partial charge in [-0.05, 0) is 18.5 Å². The number of hydrogen-bond donors (Lipinski definition) is 2. The molecule has 0 aliphatic carbocycles. The fourth-order valence-electron chi connectivity index (χ4n) is 2.48. The van der Waals surface area contributed by atoms with Crippen molar-refractivity contribution in [3.05, 3.63) is 35.9 Å². The average molecular weight is 234 g/mol. The summed E-state index contributed by atoms with van der Waals surface area (Å²) in [7, 11) is 0. The lowest BCUT2D eigenvalue weighted by Crippen LogP contribution is -2.52. The number of rotatable bonds is 4. The predicted molar refractivity (Wildman–Crippen MR) is 69.8 cm³/mol. The van der Waals surface area contributed by atoms with Crippen LogP contribution in [-0.2, 0) is 6.54 Å². The summed E-state index contributed by atoms with van der Waals surface area (Å²) in [5.74, 6) is 0. The molecule has 2 rings (SSSR count). The third kappa shape index (κ3) is 3.53. The molecule has 2 unspecified atom stereocenters. The molecule has 1 fully saturated rings. The van der Waals surface area contributed by atoms with Crippen molar-refractivity contribution in [2.75, 3.05) is 19.6 Å². The van der Waals surface area contributed by atoms with Crippen molar-refractivity contribution in [3.8, 4) is 0 Å². The first-order chi connectivity index (χ1) is 8.29. The molecule has 0 amide bonds. The normalized spacial score (nSPS) is 26.0. The van der Waals surface area contributed by atoms with Crippen LogP contribution < -0.4 is 5.32 Å². The third-order valence-electron chi connectivity index (χ3n) is 3.38. The Kier molecular flexibility index (Phi) is 4.54. The van der Waals surface area contributed by atoms with Gasteiger partial charge in [-0.2, -0.15) is 0 Å². The van der Waals surface area contributed by atoms with Gasteiger partial charge >= 0.3 is 0 Å². The van der Waals surface area contributed by atoms with Crippen molar-refractivity contribution in [1.82, 2.24) is 10.2 Å². The van der Waals surface area contributed by atoms with E-state index in [0.717, 1.165) is 32.6 Å². The highest BCUT2D eigenvalue weighted by Gasteiger charge is 2.26. The van der Waals surface area contributed by atoms with E-state index in [0.29, 0.717) is 0 Å². The molecule has 94 valence electrons. The summed E-state index contributed by atoms with van der Waals surface area (Å²) in [5.41, 5.74) is 1.32. The summed E-state index contributed by atoms with van der Waals surface area (Å²) in [6.45, 7) is 5.79. The monoisotopic (exact) mass is 234 g/mol. The van der Waals surface area contributed by atoms with Gasteiger partial charge in [-0.3, -0.25) is 4.90 Å². The molecule has 0 bridgehead atoms. The number of aliphatic hydroxyl groups is 1. The van der Waals surface area contributed by atoms with E-state index in [1.165, 1.54) is 5.56 Å². The Morgan fingerprint density at radius 3 is 2.76 bits per heavy atom. The minimum Gasteiger partial charge on any atom is -0.390 e. The van der Waals surface area contributed by atoms with Crippen LogP contribution in [0, 0.1) is 0 Å². The maximum Gasteiger partial charge on any atom is 0.0820 e. The second kappa shape index (κ2) is 6.15. The van der Waals surface area contributed by atoms with E-state index in [1.807, 2.05) is 6.07 Å². The Bertz CT molecular complexity index is 328. The fraction of sp³-hybridized carbons (Fsp3) is 0.571. The van der Waals surface area contributed by atoms with E-state index >= 15 is 0 Å². The topological polar surface area (TPSA) is 35.5 Å². The van der Waals surface area contributed by atoms with Gasteiger partial charge in [0.15, 0.2) is 0 Å². The molecule has 1 saturated heterocycles. The van der Waals surface area contributed by atoms with E-state index in [9.17, 15) is 5.11 Å². The largest absolute Gasteiger partial charge is 0.390 e. The van der Waals surface area contributed by atoms with Crippen molar-refractivity contribution in [2.24, 2.45) is 0 Å². The number of likely N-dealkylation sites (N-methyl/N-ethyl adjacent to an activating group) is 1. The van der Waals surface area contributed by atoms with Crippen LogP contribution in [0.3, 0.4) is 0 Å². The second-order valence-corrected chi connectivity index (χ2v) is 4.74. The van der Waals surface area contributed by atoms with E-state index in [1.54, 1.807) is 0 Å². The van der Waals surface area contributed by atoms with E-state index in [4.69, 9.17) is 0 Å². The zero-order valence-electron chi connectivity index (χ0n) is 10.5. The first-order valence-corrected chi connectivity index (χ1v) is 6.47. The summed E-state index contributed by atoms with van der Waals surface area (Å²) in [6, 6.07) is 10.7. The van der Waals surface area contributed by atoms with Crippen LogP contribution in [0.15, 0.2) is 30.3 Å². The van der Waals surface area contributed by atoms with Gasteiger partial charge in [-0.25, -0.2) is 0 Å². The fourth-order valence-corrected chi connectivity index (χ4v) is 2.48. The molecule has 3 heteroatoms. The molecule has 0 spiro atoms. The molecule has 0 aromatic heterocycles. The quantitative estimate of drug-likeness (QED) is 0.822. The first-order valence-electron chi connectivity index (χ1n) is 6.47. The summed E-state index contributed by atoms with van der Waals surface area (Å²) < 4.78 is 0. The van der Waals surface area contributed by atoms with Gasteiger partial charge in [-0.1, -0.05) is 37.3 Å². The number of benzene rings is 1. The van der Waals surface area contributed by atoms with E-state index < -0.39 is 0 Å². The van der Waals surface area contributed by atoms with Crippen LogP contribution in [0.2, 0.25) is 0 Å². The van der Waals surface area contributed by atoms with Gasteiger partial charge in [0.2, 0.25) is 0 Å². The highest BCUT2D eigenvalue weighted by molar-refractivity contribution is 5.14. The van der Waals surface area contributed by atoms with Gasteiger partial charge in [0, 0.05) is 25.7 Å². The van der Waals surface area contributed by atoms with Crippen LogP contribution in [0.25, 0.3) is 0 Å². The molecule has 17 heavy (non-hydrogen) atoms. The zero-order chi connectivity index (χ0) is 12.1. The highest BCUT2D eigenvalue weighted by atomic mass is 16.3. The summed E-state index contributed by atoms with van der Waals surface area (Å²) in [4.78, 5) is 2.33. The molecule has 1 aromatic carbocycles. The lowest BCUT2D eigenvalue weighted by Gasteiger charge is -2.36. The standard InChI is InChI=1S/C14H22N2O/c1-2-15-13-8-9-16(11-14(13)17)10-12-6-4-3-5-7-12/h3-7,13-15,17H,2,8-11H2,1H3. The van der Waals surface area contributed by atoms with Crippen molar-refractivity contribution in [1.29, 1.82) is 0 Å². The molecule has 1 heterocycles. The molecule has 1 aliphatic heterocycles. The molecule has 0 radical (unpaired) electrons. The Labute approximate surface area is 103 Å². The summed E-state index contributed by atoms with van der Waals surface area (Å²) in [6.07, 6.45) is 0.786. The van der Waals surface area contributed by atoms with Crippen molar-refractivity contribution >= 4 is 0 Å². The minimum absolute atomic E-state index is 0.243. The minimum atomic E-state index is -0.243. The van der Waals surface area contributed by atoms with Gasteiger partial charge < -0.3 is 10.4 Å². The van der Waals surface area contributed by atoms with E-state index in [2.05, 4.69) is 41.4 Å². The Hall–Kier alpha value is -0.900. The van der Waals surface area contributed by atoms with Gasteiger partial charge in [0.05, 0.1) is 6.10 Å². The number of nitrogens with zero attached hydrogens (tertiary/aromatic N) is 1. The summed E-state index contributed by atoms with van der Waals surface area (Å²) >= 11 is 0. The maximum absolute atomic E-state index is 10.0. The number of piperidine rings is 1. The molecule has 2 atom stereocenters. The lowest BCUT2D eigenvalue weighted by atomic mass is 10.0. The van der Waals surface area contributed by atoms with Gasteiger partial charge in [-0.15, -0.1) is 0 Å². The second-order valence-electron chi connectivity index (χ2n) is 4.74. The van der Waals surface area contributed by atoms with Gasteiger partial charge in [0.25, 0.3) is 0 Å². The SMILES string of the molecule is CCNC1CCN(Cc2ccccc2)CC1O. The zero-order valence-corrected chi connectivity index (χ0v) is 10.5. The van der Waals surface area contributed by atoms with Crippen LogP contribution in [-0.4, -0.2) is 41.8 Å². The third-order valence-corrected chi connectivity index (χ3v) is 3.38. The Balaban J connectivity index is 1.85. The van der Waals surface area contributed by atoms with Crippen LogP contribution in [0.4, 0.5) is 0 Å². The average Bonchev–Trinajstić information content (AvgIpc) is 2.34. The smallest absolute Gasteiger partial charge is 0.0820 e. The van der Waals surface area contributed by atoms with Crippen LogP contribution in [0.5, 0.6) is 0 Å². The molecule has 1 aromatic rings. The number of aliphatic hydroxyl groups excluding tert-OH is 1. The first kappa shape index (κ1) is 12.6. The number of β-amino-alcohol motifs (C(OH)–C–C–N with tert-alkyl or cyclic N) is 1. The maximum atomic E-state index is 10.0. The van der Waals surface area contributed by atoms with E-state index in [-0.39, 0.29) is 12.1 Å². The molecule has 2 N–H and O–H groups in total. The van der Waals surface area contributed by atoms with Crippen molar-refractivity contribution in [3.63, 3.8) is 0 Å². The Morgan fingerprint density at radius 2 is 2.12 bits per heavy atom. The van der Waals surface area contributed by atoms with Crippen LogP contribution in [0.1, 0.15) is 18.9 Å². The number of likely N-dealkylation sites (tertiary alicyclic amines) is 1. The summed E-state index contributed by atoms with van der Waals surface area (Å²) in [5, 5.41) is 13.4. The number of hydrogen-bond acceptors (Lipinski definition) is 3. The Morgan fingerprint density at radius 1 is 1.35 bits per heavy atom. The molecular formula is C14H22N2O.